The standard InChI is InChI=1S/C26H50O4/c1-14-30-26(12,13)15-16-29-21(28)19(24(8,9)17-22(2,3)4)20(27)25(10,11)18-23(5,6)7/h19H,14-18H2,1-13H3. The maximum Gasteiger partial charge on any atom is 0.317 e. The Bertz CT molecular complexity index is 571. The van der Waals surface area contributed by atoms with Crippen LogP contribution in [0.1, 0.15) is 109 Å². The zero-order valence-corrected chi connectivity index (χ0v) is 22.2. The van der Waals surface area contributed by atoms with E-state index in [4.69, 9.17) is 9.47 Å². The molecule has 0 aromatic rings. The highest BCUT2D eigenvalue weighted by Crippen LogP contribution is 2.45. The minimum Gasteiger partial charge on any atom is -0.465 e. The van der Waals surface area contributed by atoms with E-state index in [0.29, 0.717) is 19.4 Å². The van der Waals surface area contributed by atoms with E-state index in [2.05, 4.69) is 41.5 Å². The highest BCUT2D eigenvalue weighted by Gasteiger charge is 2.49. The van der Waals surface area contributed by atoms with Crippen molar-refractivity contribution in [3.05, 3.63) is 0 Å². The molecule has 0 heterocycles. The SMILES string of the molecule is CCOC(C)(C)CCOC(=O)C(C(=O)C(C)(C)CC(C)(C)C)C(C)(C)CC(C)(C)C. The van der Waals surface area contributed by atoms with Gasteiger partial charge < -0.3 is 9.47 Å². The molecule has 1 unspecified atom stereocenters. The van der Waals surface area contributed by atoms with Gasteiger partial charge in [-0.15, -0.1) is 0 Å². The summed E-state index contributed by atoms with van der Waals surface area (Å²) in [7, 11) is 0. The molecular formula is C26H50O4. The summed E-state index contributed by atoms with van der Waals surface area (Å²) in [6, 6.07) is 0. The zero-order chi connectivity index (χ0) is 24.2. The monoisotopic (exact) mass is 426 g/mol. The predicted octanol–water partition coefficient (Wildman–Crippen LogP) is 6.84. The van der Waals surface area contributed by atoms with Crippen LogP contribution in [0.3, 0.4) is 0 Å². The van der Waals surface area contributed by atoms with Crippen molar-refractivity contribution < 1.29 is 19.1 Å². The van der Waals surface area contributed by atoms with E-state index in [-0.39, 0.29) is 28.8 Å². The van der Waals surface area contributed by atoms with Gasteiger partial charge in [0.25, 0.3) is 0 Å². The van der Waals surface area contributed by atoms with Crippen LogP contribution < -0.4 is 0 Å². The van der Waals surface area contributed by atoms with Crippen LogP contribution in [0.5, 0.6) is 0 Å². The predicted molar refractivity (Wildman–Crippen MR) is 125 cm³/mol. The smallest absolute Gasteiger partial charge is 0.317 e. The van der Waals surface area contributed by atoms with Gasteiger partial charge in [0, 0.05) is 18.4 Å². The third-order valence-electron chi connectivity index (χ3n) is 5.39. The number of ether oxygens (including phenoxy) is 2. The molecule has 0 aliphatic rings. The number of esters is 1. The molecule has 0 saturated carbocycles. The Morgan fingerprint density at radius 1 is 0.767 bits per heavy atom. The summed E-state index contributed by atoms with van der Waals surface area (Å²) in [6.07, 6.45) is 2.06. The number of Topliss-reactive ketones (excluding diaryl/α,β-unsaturated/α-hetero) is 1. The van der Waals surface area contributed by atoms with E-state index in [1.54, 1.807) is 0 Å². The van der Waals surface area contributed by atoms with Gasteiger partial charge in [-0.1, -0.05) is 69.2 Å². The minimum absolute atomic E-state index is 0.00651. The van der Waals surface area contributed by atoms with Crippen molar-refractivity contribution in [1.29, 1.82) is 0 Å². The van der Waals surface area contributed by atoms with Gasteiger partial charge in [0.15, 0.2) is 5.78 Å². The molecule has 0 rings (SSSR count). The van der Waals surface area contributed by atoms with Gasteiger partial charge in [0.2, 0.25) is 0 Å². The summed E-state index contributed by atoms with van der Waals surface area (Å²) in [5.74, 6) is -1.20. The molecule has 0 saturated heterocycles. The lowest BCUT2D eigenvalue weighted by molar-refractivity contribution is -0.162. The summed E-state index contributed by atoms with van der Waals surface area (Å²) in [4.78, 5) is 27.0. The summed E-state index contributed by atoms with van der Waals surface area (Å²) in [5.41, 5.74) is -1.49. The van der Waals surface area contributed by atoms with E-state index in [1.807, 2.05) is 48.5 Å². The van der Waals surface area contributed by atoms with E-state index < -0.39 is 22.7 Å². The average Bonchev–Trinajstić information content (AvgIpc) is 2.41. The Morgan fingerprint density at radius 3 is 1.63 bits per heavy atom. The number of rotatable bonds is 11. The lowest BCUT2D eigenvalue weighted by Gasteiger charge is -2.41. The number of carbonyl (C=O) groups is 2. The van der Waals surface area contributed by atoms with Crippen LogP contribution in [-0.2, 0) is 19.1 Å². The number of carbonyl (C=O) groups excluding carboxylic acids is 2. The lowest BCUT2D eigenvalue weighted by atomic mass is 9.62. The average molecular weight is 427 g/mol. The zero-order valence-electron chi connectivity index (χ0n) is 22.2. The van der Waals surface area contributed by atoms with Crippen LogP contribution in [0.2, 0.25) is 0 Å². The van der Waals surface area contributed by atoms with Gasteiger partial charge >= 0.3 is 5.97 Å². The van der Waals surface area contributed by atoms with Crippen LogP contribution in [0.4, 0.5) is 0 Å². The normalized spacial score (nSPS) is 15.1. The van der Waals surface area contributed by atoms with Gasteiger partial charge in [-0.25, -0.2) is 0 Å². The Labute approximate surface area is 186 Å². The third kappa shape index (κ3) is 10.4. The van der Waals surface area contributed by atoms with Gasteiger partial charge in [0.05, 0.1) is 12.2 Å². The Balaban J connectivity index is 5.74. The van der Waals surface area contributed by atoms with Crippen LogP contribution in [0.15, 0.2) is 0 Å². The van der Waals surface area contributed by atoms with Gasteiger partial charge in [-0.05, 0) is 49.9 Å². The van der Waals surface area contributed by atoms with Crippen molar-refractivity contribution in [2.45, 2.75) is 115 Å². The van der Waals surface area contributed by atoms with Crippen molar-refractivity contribution in [1.82, 2.24) is 0 Å². The molecule has 0 fully saturated rings. The van der Waals surface area contributed by atoms with Crippen molar-refractivity contribution >= 4 is 11.8 Å². The molecule has 0 aliphatic heterocycles. The first kappa shape index (κ1) is 29.1. The van der Waals surface area contributed by atoms with E-state index in [0.717, 1.165) is 6.42 Å². The van der Waals surface area contributed by atoms with Crippen molar-refractivity contribution in [3.63, 3.8) is 0 Å². The second kappa shape index (κ2) is 10.1. The number of hydrogen-bond acceptors (Lipinski definition) is 4. The summed E-state index contributed by atoms with van der Waals surface area (Å²) in [6.45, 7) is 27.6. The summed E-state index contributed by atoms with van der Waals surface area (Å²) >= 11 is 0. The fourth-order valence-corrected chi connectivity index (χ4v) is 5.00. The Morgan fingerprint density at radius 2 is 1.23 bits per heavy atom. The van der Waals surface area contributed by atoms with Crippen LogP contribution in [0, 0.1) is 27.6 Å². The quantitative estimate of drug-likeness (QED) is 0.268. The molecule has 4 heteroatoms. The van der Waals surface area contributed by atoms with Crippen molar-refractivity contribution in [2.24, 2.45) is 27.6 Å². The van der Waals surface area contributed by atoms with Gasteiger partial charge in [-0.3, -0.25) is 9.59 Å². The Kier molecular flexibility index (Phi) is 9.84. The molecule has 0 aliphatic carbocycles. The largest absolute Gasteiger partial charge is 0.465 e. The first-order valence-electron chi connectivity index (χ1n) is 11.5. The molecule has 0 aromatic heterocycles. The second-order valence-electron chi connectivity index (χ2n) is 13.3. The first-order valence-corrected chi connectivity index (χ1v) is 11.5. The molecule has 0 aromatic carbocycles. The molecule has 0 amide bonds. The fourth-order valence-electron chi connectivity index (χ4n) is 5.00. The van der Waals surface area contributed by atoms with Crippen molar-refractivity contribution in [3.8, 4) is 0 Å². The molecule has 30 heavy (non-hydrogen) atoms. The lowest BCUT2D eigenvalue weighted by Crippen LogP contribution is -2.47. The van der Waals surface area contributed by atoms with Gasteiger partial charge in [-0.2, -0.15) is 0 Å². The topological polar surface area (TPSA) is 52.6 Å². The highest BCUT2D eigenvalue weighted by atomic mass is 16.5. The fraction of sp³-hybridized carbons (Fsp3) is 0.923. The van der Waals surface area contributed by atoms with Gasteiger partial charge in [0.1, 0.15) is 5.92 Å². The molecular weight excluding hydrogens is 376 g/mol. The number of hydrogen-bond donors (Lipinski definition) is 0. The van der Waals surface area contributed by atoms with E-state index >= 15 is 0 Å². The van der Waals surface area contributed by atoms with E-state index in [9.17, 15) is 9.59 Å². The molecule has 1 atom stereocenters. The Hall–Kier alpha value is -0.900. The maximum atomic E-state index is 13.8. The first-order chi connectivity index (χ1) is 13.1. The molecule has 0 radical (unpaired) electrons. The van der Waals surface area contributed by atoms with Crippen molar-refractivity contribution in [2.75, 3.05) is 13.2 Å². The third-order valence-corrected chi connectivity index (χ3v) is 5.39. The molecule has 0 bridgehead atoms. The molecule has 178 valence electrons. The van der Waals surface area contributed by atoms with Crippen LogP contribution >= 0.6 is 0 Å². The summed E-state index contributed by atoms with van der Waals surface area (Å²) < 4.78 is 11.4. The van der Waals surface area contributed by atoms with Crippen LogP contribution in [-0.4, -0.2) is 30.6 Å². The maximum absolute atomic E-state index is 13.8. The minimum atomic E-state index is -0.788. The van der Waals surface area contributed by atoms with Crippen LogP contribution in [0.25, 0.3) is 0 Å². The summed E-state index contributed by atoms with van der Waals surface area (Å²) in [5, 5.41) is 0. The highest BCUT2D eigenvalue weighted by molar-refractivity contribution is 6.02. The molecule has 4 nitrogen and oxygen atoms in total. The molecule has 0 N–H and O–H groups in total. The van der Waals surface area contributed by atoms with E-state index in [1.165, 1.54) is 0 Å². The molecule has 0 spiro atoms. The second-order valence-corrected chi connectivity index (χ2v) is 13.3. The number of ketones is 1.